The normalized spacial score (nSPS) is 21.3. The molecule has 2 aliphatic rings. The number of nitrogens with one attached hydrogen (secondary N) is 1. The summed E-state index contributed by atoms with van der Waals surface area (Å²) in [6.07, 6.45) is 9.87. The third-order valence-electron chi connectivity index (χ3n) is 7.45. The first-order valence-electron chi connectivity index (χ1n) is 12.0. The second-order valence-corrected chi connectivity index (χ2v) is 9.52. The van der Waals surface area contributed by atoms with Gasteiger partial charge in [-0.25, -0.2) is 9.97 Å². The van der Waals surface area contributed by atoms with Crippen molar-refractivity contribution in [2.24, 2.45) is 0 Å². The van der Waals surface area contributed by atoms with Crippen LogP contribution in [0, 0.1) is 0 Å². The lowest BCUT2D eigenvalue weighted by Gasteiger charge is -2.39. The molecule has 2 aliphatic heterocycles. The number of ketones is 1. The highest BCUT2D eigenvalue weighted by molar-refractivity contribution is 6.00. The van der Waals surface area contributed by atoms with E-state index in [9.17, 15) is 14.7 Å². The molecule has 2 atom stereocenters. The third kappa shape index (κ3) is 3.46. The van der Waals surface area contributed by atoms with Crippen molar-refractivity contribution in [1.29, 1.82) is 0 Å². The van der Waals surface area contributed by atoms with Gasteiger partial charge < -0.3 is 20.7 Å². The van der Waals surface area contributed by atoms with Gasteiger partial charge in [0.2, 0.25) is 5.91 Å². The van der Waals surface area contributed by atoms with Crippen LogP contribution < -0.4 is 5.73 Å². The first-order valence-corrected chi connectivity index (χ1v) is 12.0. The smallest absolute Gasteiger partial charge is 0.248 e. The third-order valence-corrected chi connectivity index (χ3v) is 7.45. The molecule has 4 aromatic heterocycles. The van der Waals surface area contributed by atoms with E-state index in [2.05, 4.69) is 20.1 Å². The van der Waals surface area contributed by atoms with E-state index in [1.54, 1.807) is 24.9 Å². The maximum absolute atomic E-state index is 12.7. The number of nitrogens with zero attached hydrogens (tertiary/aromatic N) is 6. The maximum Gasteiger partial charge on any atom is 0.248 e. The van der Waals surface area contributed by atoms with E-state index in [1.807, 2.05) is 17.0 Å². The number of aliphatic hydroxyl groups is 1. The van der Waals surface area contributed by atoms with Crippen LogP contribution in [-0.2, 0) is 4.79 Å². The van der Waals surface area contributed by atoms with Crippen LogP contribution in [0.4, 0.5) is 5.82 Å². The Kier molecular flexibility index (Phi) is 5.29. The van der Waals surface area contributed by atoms with Gasteiger partial charge in [-0.3, -0.25) is 14.6 Å². The molecule has 6 heterocycles. The molecule has 1 amide bonds. The topological polar surface area (TPSA) is 155 Å². The van der Waals surface area contributed by atoms with Crippen molar-refractivity contribution in [3.8, 4) is 22.5 Å². The van der Waals surface area contributed by atoms with Crippen LogP contribution in [0.1, 0.15) is 54.6 Å². The van der Waals surface area contributed by atoms with Crippen molar-refractivity contribution in [2.75, 3.05) is 12.3 Å². The number of Topliss-reactive ketones (excluding diaryl/α,β-unsaturated/α-hetero) is 1. The van der Waals surface area contributed by atoms with Crippen LogP contribution in [-0.4, -0.2) is 69.9 Å². The molecule has 0 aliphatic carbocycles. The van der Waals surface area contributed by atoms with Gasteiger partial charge in [0, 0.05) is 35.3 Å². The molecule has 6 rings (SSSR count). The van der Waals surface area contributed by atoms with Crippen LogP contribution in [0.25, 0.3) is 28.2 Å². The van der Waals surface area contributed by atoms with Crippen LogP contribution >= 0.6 is 0 Å². The number of aromatic nitrogens is 6. The van der Waals surface area contributed by atoms with Gasteiger partial charge in [0.1, 0.15) is 12.4 Å². The minimum Gasteiger partial charge on any atom is -0.387 e. The van der Waals surface area contributed by atoms with Gasteiger partial charge in [0.25, 0.3) is 0 Å². The Bertz CT molecular complexity index is 1450. The Morgan fingerprint density at radius 1 is 1.17 bits per heavy atom. The van der Waals surface area contributed by atoms with Gasteiger partial charge in [-0.1, -0.05) is 6.07 Å². The Balaban J connectivity index is 1.42. The van der Waals surface area contributed by atoms with Gasteiger partial charge in [0.15, 0.2) is 11.4 Å². The Morgan fingerprint density at radius 3 is 2.56 bits per heavy atom. The molecule has 2 saturated heterocycles. The number of nitrogens with two attached hydrogens (primary N) is 1. The van der Waals surface area contributed by atoms with Crippen LogP contribution in [0.3, 0.4) is 0 Å². The van der Waals surface area contributed by atoms with Crippen molar-refractivity contribution < 1.29 is 14.7 Å². The number of imidazole rings is 1. The lowest BCUT2D eigenvalue weighted by Crippen LogP contribution is -2.47. The predicted molar refractivity (Wildman–Crippen MR) is 131 cm³/mol. The number of carbonyl (C=O) groups is 2. The largest absolute Gasteiger partial charge is 0.387 e. The minimum atomic E-state index is -0.486. The lowest BCUT2D eigenvalue weighted by atomic mass is 9.85. The number of hydrogen-bond donors (Lipinski definition) is 3. The Morgan fingerprint density at radius 2 is 1.94 bits per heavy atom. The molecular formula is C25H26N8O3. The van der Waals surface area contributed by atoms with E-state index >= 15 is 0 Å². The molecule has 0 radical (unpaired) electrons. The summed E-state index contributed by atoms with van der Waals surface area (Å²) in [5, 5.41) is 13.8. The standard InChI is InChI=1S/C25H26N8O3/c1-13(35)22-23(15-6-16-3-4-17(7-15)32(16)21(36)11-34)31-25-18(9-30-33(25)24(22)26)14-2-5-19(28-8-14)20-10-27-12-29-20/h2,5,8-10,12,15-17,34H,3-4,6-7,11,26H2,1H3,(H,27,29)/t16-,17-/m1/s1. The summed E-state index contributed by atoms with van der Waals surface area (Å²) >= 11 is 0. The molecule has 0 spiro atoms. The highest BCUT2D eigenvalue weighted by atomic mass is 16.3. The predicted octanol–water partition coefficient (Wildman–Crippen LogP) is 2.20. The second-order valence-electron chi connectivity index (χ2n) is 9.52. The van der Waals surface area contributed by atoms with Crippen LogP contribution in [0.5, 0.6) is 0 Å². The summed E-state index contributed by atoms with van der Waals surface area (Å²) in [7, 11) is 0. The number of pyridine rings is 1. The van der Waals surface area contributed by atoms with Gasteiger partial charge >= 0.3 is 0 Å². The molecule has 2 bridgehead atoms. The number of fused-ring (bicyclic) bond motifs is 3. The number of carbonyl (C=O) groups excluding carboxylic acids is 2. The SMILES string of the molecule is CC(=O)c1c(C2C[C@H]3CC[C@H](C2)N3C(=O)CO)nc2c(-c3ccc(-c4cnc[nH]4)nc3)cnn2c1N. The van der Waals surface area contributed by atoms with Crippen LogP contribution in [0.2, 0.25) is 0 Å². The zero-order chi connectivity index (χ0) is 25.0. The molecular weight excluding hydrogens is 460 g/mol. The number of piperidine rings is 1. The van der Waals surface area contributed by atoms with Crippen molar-refractivity contribution >= 4 is 23.2 Å². The second kappa shape index (κ2) is 8.52. The fourth-order valence-electron chi connectivity index (χ4n) is 5.89. The lowest BCUT2D eigenvalue weighted by molar-refractivity contribution is -0.138. The highest BCUT2D eigenvalue weighted by Crippen LogP contribution is 2.44. The van der Waals surface area contributed by atoms with Gasteiger partial charge in [-0.05, 0) is 38.7 Å². The summed E-state index contributed by atoms with van der Waals surface area (Å²) in [6.45, 7) is 1.00. The van der Waals surface area contributed by atoms with Crippen LogP contribution in [0.15, 0.2) is 37.1 Å². The maximum atomic E-state index is 12.7. The van der Waals surface area contributed by atoms with E-state index < -0.39 is 6.61 Å². The fraction of sp³-hybridized carbons (Fsp3) is 0.360. The molecule has 0 saturated carbocycles. The molecule has 184 valence electrons. The quantitative estimate of drug-likeness (QED) is 0.363. The number of nitrogen functional groups attached to an aromatic ring is 1. The van der Waals surface area contributed by atoms with Gasteiger partial charge in [0.05, 0.1) is 41.4 Å². The number of hydrogen-bond acceptors (Lipinski definition) is 8. The first kappa shape index (κ1) is 22.4. The summed E-state index contributed by atoms with van der Waals surface area (Å²) < 4.78 is 1.51. The fourth-order valence-corrected chi connectivity index (χ4v) is 5.89. The van der Waals surface area contributed by atoms with E-state index in [0.717, 1.165) is 35.4 Å². The summed E-state index contributed by atoms with van der Waals surface area (Å²) in [4.78, 5) is 43.5. The number of rotatable bonds is 5. The highest BCUT2D eigenvalue weighted by Gasteiger charge is 2.44. The Hall–Kier alpha value is -4.12. The number of H-pyrrole nitrogens is 1. The van der Waals surface area contributed by atoms with Crippen molar-refractivity contribution in [1.82, 2.24) is 34.4 Å². The molecule has 4 aromatic rings. The summed E-state index contributed by atoms with van der Waals surface area (Å²) in [5.74, 6) is -0.169. The van der Waals surface area contributed by atoms with Crippen molar-refractivity contribution in [3.63, 3.8) is 0 Å². The van der Waals surface area contributed by atoms with Gasteiger partial charge in [-0.15, -0.1) is 0 Å². The molecule has 11 heteroatoms. The first-order chi connectivity index (χ1) is 17.5. The summed E-state index contributed by atoms with van der Waals surface area (Å²) in [6, 6.07) is 3.88. The number of anilines is 1. The minimum absolute atomic E-state index is 0.0241. The zero-order valence-electron chi connectivity index (χ0n) is 19.8. The number of aromatic amines is 1. The molecule has 36 heavy (non-hydrogen) atoms. The number of amides is 1. The average molecular weight is 487 g/mol. The van der Waals surface area contributed by atoms with E-state index in [4.69, 9.17) is 10.7 Å². The van der Waals surface area contributed by atoms with E-state index in [0.29, 0.717) is 29.7 Å². The number of aliphatic hydroxyl groups excluding tert-OH is 1. The molecule has 11 nitrogen and oxygen atoms in total. The van der Waals surface area contributed by atoms with Gasteiger partial charge in [-0.2, -0.15) is 9.61 Å². The van der Waals surface area contributed by atoms with Crippen molar-refractivity contribution in [2.45, 2.75) is 50.6 Å². The molecule has 2 fully saturated rings. The monoisotopic (exact) mass is 486 g/mol. The average Bonchev–Trinajstić information content (AvgIpc) is 3.62. The molecule has 4 N–H and O–H groups in total. The zero-order valence-corrected chi connectivity index (χ0v) is 19.8. The molecule has 0 unspecified atom stereocenters. The molecule has 0 aromatic carbocycles. The van der Waals surface area contributed by atoms with E-state index in [-0.39, 0.29) is 35.5 Å². The summed E-state index contributed by atoms with van der Waals surface area (Å²) in [5.41, 5.74) is 11.3. The van der Waals surface area contributed by atoms with E-state index in [1.165, 1.54) is 11.4 Å². The van der Waals surface area contributed by atoms with Crippen molar-refractivity contribution in [3.05, 3.63) is 48.3 Å². The Labute approximate surface area is 206 Å².